The monoisotopic (exact) mass is 272 g/mol. The Kier molecular flexibility index (Phi) is 2.68. The lowest BCUT2D eigenvalue weighted by Gasteiger charge is -2.05. The highest BCUT2D eigenvalue weighted by molar-refractivity contribution is 5.74. The predicted molar refractivity (Wildman–Crippen MR) is 86.1 cm³/mol. The second kappa shape index (κ2) is 4.56. The van der Waals surface area contributed by atoms with Crippen LogP contribution < -0.4 is 4.57 Å². The third-order valence-corrected chi connectivity index (χ3v) is 4.47. The molecule has 102 valence electrons. The molecule has 0 bridgehead atoms. The first-order valence-electron chi connectivity index (χ1n) is 7.45. The molecule has 0 aliphatic carbocycles. The Labute approximate surface area is 125 Å². The van der Waals surface area contributed by atoms with Gasteiger partial charge in [-0.05, 0) is 30.2 Å². The van der Waals surface area contributed by atoms with Gasteiger partial charge in [0, 0.05) is 24.6 Å². The molecule has 0 N–H and O–H groups in total. The van der Waals surface area contributed by atoms with Crippen molar-refractivity contribution in [3.63, 3.8) is 0 Å². The smallest absolute Gasteiger partial charge is 0.191 e. The van der Waals surface area contributed by atoms with Gasteiger partial charge >= 0.3 is 0 Å². The van der Waals surface area contributed by atoms with Crippen molar-refractivity contribution in [3.05, 3.63) is 78.0 Å². The molecule has 0 fully saturated rings. The van der Waals surface area contributed by atoms with Crippen LogP contribution in [0.15, 0.2) is 66.9 Å². The number of fused-ring (bicyclic) bond motifs is 3. The molecular weight excluding hydrogens is 254 g/mol. The van der Waals surface area contributed by atoms with E-state index < -0.39 is 0 Å². The molecule has 1 aliphatic rings. The van der Waals surface area contributed by atoms with E-state index in [1.54, 1.807) is 0 Å². The van der Waals surface area contributed by atoms with E-state index in [0.717, 1.165) is 0 Å². The summed E-state index contributed by atoms with van der Waals surface area (Å²) >= 11 is 0. The van der Waals surface area contributed by atoms with E-state index in [0.29, 0.717) is 6.04 Å². The fourth-order valence-electron chi connectivity index (χ4n) is 3.24. The maximum atomic E-state index is 2.35. The third kappa shape index (κ3) is 1.89. The molecule has 2 heterocycles. The Hall–Kier alpha value is -2.41. The minimum atomic E-state index is 0.420. The topological polar surface area (TPSA) is 3.88 Å². The summed E-state index contributed by atoms with van der Waals surface area (Å²) in [5.41, 5.74) is 7.96. The van der Waals surface area contributed by atoms with Crippen LogP contribution in [-0.4, -0.2) is 0 Å². The van der Waals surface area contributed by atoms with E-state index in [9.17, 15) is 0 Å². The van der Waals surface area contributed by atoms with Crippen molar-refractivity contribution in [1.29, 1.82) is 0 Å². The Balaban J connectivity index is 1.88. The fraction of sp³-hybridized carbons (Fsp3) is 0.150. The molecule has 0 amide bonds. The molecule has 1 nitrogen and oxygen atoms in total. The quantitative estimate of drug-likeness (QED) is 0.573. The largest absolute Gasteiger partial charge is 0.213 e. The second-order valence-corrected chi connectivity index (χ2v) is 5.84. The van der Waals surface area contributed by atoms with Crippen LogP contribution in [0.4, 0.5) is 0 Å². The van der Waals surface area contributed by atoms with Gasteiger partial charge in [-0.3, -0.25) is 0 Å². The molecule has 0 saturated heterocycles. The summed E-state index contributed by atoms with van der Waals surface area (Å²) in [4.78, 5) is 0. The zero-order chi connectivity index (χ0) is 14.4. The molecule has 1 atom stereocenters. The minimum Gasteiger partial charge on any atom is -0.191 e. The van der Waals surface area contributed by atoms with Gasteiger partial charge in [0.05, 0.1) is 5.56 Å². The van der Waals surface area contributed by atoms with Crippen molar-refractivity contribution < 1.29 is 4.57 Å². The van der Waals surface area contributed by atoms with Gasteiger partial charge in [-0.25, -0.2) is 0 Å². The lowest BCUT2D eigenvalue weighted by Crippen LogP contribution is -2.35. The van der Waals surface area contributed by atoms with Crippen LogP contribution in [0, 0.1) is 6.92 Å². The van der Waals surface area contributed by atoms with Crippen molar-refractivity contribution >= 4 is 0 Å². The van der Waals surface area contributed by atoms with E-state index in [1.165, 1.54) is 33.5 Å². The van der Waals surface area contributed by atoms with E-state index >= 15 is 0 Å². The SMILES string of the molecule is Cc1ccc(-c2ccc3c(c2)-c2cccc[n+]2C3C)cc1. The zero-order valence-corrected chi connectivity index (χ0v) is 12.4. The fourth-order valence-corrected chi connectivity index (χ4v) is 3.24. The van der Waals surface area contributed by atoms with Crippen molar-refractivity contribution in [3.8, 4) is 22.4 Å². The van der Waals surface area contributed by atoms with Crippen molar-refractivity contribution in [1.82, 2.24) is 0 Å². The summed E-state index contributed by atoms with van der Waals surface area (Å²) in [6.07, 6.45) is 2.17. The molecule has 3 aromatic rings. The highest BCUT2D eigenvalue weighted by atomic mass is 15.0. The van der Waals surface area contributed by atoms with Gasteiger partial charge < -0.3 is 0 Å². The van der Waals surface area contributed by atoms with Crippen molar-refractivity contribution in [2.45, 2.75) is 19.9 Å². The number of aryl methyl sites for hydroxylation is 1. The van der Waals surface area contributed by atoms with E-state index in [1.807, 2.05) is 0 Å². The van der Waals surface area contributed by atoms with Crippen LogP contribution in [0.1, 0.15) is 24.1 Å². The lowest BCUT2D eigenvalue weighted by molar-refractivity contribution is -0.694. The molecule has 1 aliphatic heterocycles. The van der Waals surface area contributed by atoms with Gasteiger partial charge in [-0.1, -0.05) is 42.0 Å². The van der Waals surface area contributed by atoms with E-state index in [2.05, 4.69) is 85.3 Å². The molecule has 2 aromatic carbocycles. The number of rotatable bonds is 1. The number of benzene rings is 2. The highest BCUT2D eigenvalue weighted by Crippen LogP contribution is 2.36. The zero-order valence-electron chi connectivity index (χ0n) is 12.4. The Morgan fingerprint density at radius 2 is 1.62 bits per heavy atom. The molecule has 0 spiro atoms. The standard InChI is InChI=1S/C20H18N/c1-14-6-8-16(9-7-14)17-10-11-18-15(2)21-12-4-3-5-20(21)19(18)13-17/h3-13,15H,1-2H3/q+1. The van der Waals surface area contributed by atoms with Gasteiger partial charge in [-0.15, -0.1) is 0 Å². The van der Waals surface area contributed by atoms with Crippen LogP contribution in [0.3, 0.4) is 0 Å². The van der Waals surface area contributed by atoms with Gasteiger partial charge in [0.25, 0.3) is 0 Å². The second-order valence-electron chi connectivity index (χ2n) is 5.84. The van der Waals surface area contributed by atoms with Gasteiger partial charge in [0.15, 0.2) is 12.2 Å². The van der Waals surface area contributed by atoms with Crippen LogP contribution in [0.2, 0.25) is 0 Å². The third-order valence-electron chi connectivity index (χ3n) is 4.47. The summed E-state index contributed by atoms with van der Waals surface area (Å²) in [5, 5.41) is 0. The summed E-state index contributed by atoms with van der Waals surface area (Å²) in [7, 11) is 0. The van der Waals surface area contributed by atoms with Crippen molar-refractivity contribution in [2.75, 3.05) is 0 Å². The van der Waals surface area contributed by atoms with Gasteiger partial charge in [0.1, 0.15) is 0 Å². The molecule has 0 saturated carbocycles. The lowest BCUT2D eigenvalue weighted by atomic mass is 9.96. The maximum absolute atomic E-state index is 2.35. The molecule has 0 radical (unpaired) electrons. The first kappa shape index (κ1) is 12.3. The Bertz CT molecular complexity index is 815. The first-order chi connectivity index (χ1) is 10.2. The number of pyridine rings is 1. The summed E-state index contributed by atoms with van der Waals surface area (Å²) in [5.74, 6) is 0. The molecule has 1 heteroatoms. The molecule has 1 unspecified atom stereocenters. The predicted octanol–water partition coefficient (Wildman–Crippen LogP) is 4.54. The van der Waals surface area contributed by atoms with Crippen LogP contribution in [0.25, 0.3) is 22.4 Å². The molecule has 4 rings (SSSR count). The number of hydrogen-bond donors (Lipinski definition) is 0. The van der Waals surface area contributed by atoms with Crippen LogP contribution >= 0.6 is 0 Å². The normalized spacial score (nSPS) is 15.6. The Morgan fingerprint density at radius 3 is 2.43 bits per heavy atom. The average molecular weight is 272 g/mol. The molecule has 1 aromatic heterocycles. The van der Waals surface area contributed by atoms with E-state index in [-0.39, 0.29) is 0 Å². The highest BCUT2D eigenvalue weighted by Gasteiger charge is 2.32. The molecule has 21 heavy (non-hydrogen) atoms. The average Bonchev–Trinajstić information content (AvgIpc) is 2.81. The van der Waals surface area contributed by atoms with Crippen molar-refractivity contribution in [2.24, 2.45) is 0 Å². The van der Waals surface area contributed by atoms with Crippen LogP contribution in [0.5, 0.6) is 0 Å². The number of aromatic nitrogens is 1. The first-order valence-corrected chi connectivity index (χ1v) is 7.45. The number of nitrogens with zero attached hydrogens (tertiary/aromatic N) is 1. The summed E-state index contributed by atoms with van der Waals surface area (Å²) in [6, 6.07) is 22.5. The van der Waals surface area contributed by atoms with Gasteiger partial charge in [-0.2, -0.15) is 4.57 Å². The molecular formula is C20H18N+. The Morgan fingerprint density at radius 1 is 0.857 bits per heavy atom. The van der Waals surface area contributed by atoms with Gasteiger partial charge in [0.2, 0.25) is 5.69 Å². The summed E-state index contributed by atoms with van der Waals surface area (Å²) < 4.78 is 2.35. The van der Waals surface area contributed by atoms with E-state index in [4.69, 9.17) is 0 Å². The summed E-state index contributed by atoms with van der Waals surface area (Å²) in [6.45, 7) is 4.39. The number of hydrogen-bond acceptors (Lipinski definition) is 0. The minimum absolute atomic E-state index is 0.420. The maximum Gasteiger partial charge on any atom is 0.213 e. The van der Waals surface area contributed by atoms with Crippen LogP contribution in [-0.2, 0) is 0 Å².